The quantitative estimate of drug-likeness (QED) is 0.0452. The molecule has 0 saturated carbocycles. The number of H-pyrrole nitrogens is 4. The largest absolute Gasteiger partial charge is 0.480 e. The van der Waals surface area contributed by atoms with Gasteiger partial charge in [0.25, 0.3) is 0 Å². The monoisotopic (exact) mass is 694 g/mol. The average Bonchev–Trinajstić information content (AvgIpc) is 3.92. The summed E-state index contributed by atoms with van der Waals surface area (Å²) in [5, 5.41) is 22.1. The summed E-state index contributed by atoms with van der Waals surface area (Å²) >= 11 is 0. The number of nitrogens with one attached hydrogen (secondary N) is 9. The van der Waals surface area contributed by atoms with Crippen LogP contribution in [-0.4, -0.2) is 117 Å². The highest BCUT2D eigenvalue weighted by Gasteiger charge is 2.30. The molecule has 0 aliphatic heterocycles. The lowest BCUT2D eigenvalue weighted by Crippen LogP contribution is -2.57. The van der Waals surface area contributed by atoms with Gasteiger partial charge in [0.1, 0.15) is 24.2 Å². The van der Waals surface area contributed by atoms with Crippen LogP contribution < -0.4 is 32.3 Å². The molecule has 0 aromatic carbocycles. The topological polar surface area (TPSA) is 324 Å². The van der Waals surface area contributed by atoms with Crippen molar-refractivity contribution in [2.45, 2.75) is 62.8 Å². The fraction of sp³-hybridized carbons (Fsp3) is 0.379. The summed E-state index contributed by atoms with van der Waals surface area (Å²) < 4.78 is 0. The van der Waals surface area contributed by atoms with Crippen LogP contribution in [-0.2, 0) is 54.5 Å². The third kappa shape index (κ3) is 11.1. The predicted molar refractivity (Wildman–Crippen MR) is 171 cm³/mol. The number of carbonyl (C=O) groups is 6. The maximum atomic E-state index is 13.2. The first-order chi connectivity index (χ1) is 24.0. The summed E-state index contributed by atoms with van der Waals surface area (Å²) in [6.07, 6.45) is 11.5. The fourth-order valence-corrected chi connectivity index (χ4v) is 4.69. The molecule has 0 aliphatic carbocycles. The Morgan fingerprint density at radius 2 is 1.04 bits per heavy atom. The maximum Gasteiger partial charge on any atom is 0.326 e. The number of nitrogens with two attached hydrogens (primary N) is 1. The van der Waals surface area contributed by atoms with Crippen molar-refractivity contribution in [3.63, 3.8) is 0 Å². The Labute approximate surface area is 283 Å². The van der Waals surface area contributed by atoms with E-state index in [1.165, 1.54) is 57.0 Å². The highest BCUT2D eigenvalue weighted by Crippen LogP contribution is 2.05. The first kappa shape index (κ1) is 36.5. The summed E-state index contributed by atoms with van der Waals surface area (Å²) in [6, 6.07) is -5.90. The van der Waals surface area contributed by atoms with Crippen LogP contribution in [0, 0.1) is 0 Å². The number of aliphatic carboxylic acids is 1. The van der Waals surface area contributed by atoms with Gasteiger partial charge in [-0.2, -0.15) is 0 Å². The normalized spacial score (nSPS) is 14.0. The van der Waals surface area contributed by atoms with Gasteiger partial charge in [-0.3, -0.25) is 24.0 Å². The first-order valence-electron chi connectivity index (χ1n) is 15.3. The van der Waals surface area contributed by atoms with E-state index in [9.17, 15) is 33.9 Å². The van der Waals surface area contributed by atoms with Crippen molar-refractivity contribution >= 4 is 35.5 Å². The lowest BCUT2D eigenvalue weighted by molar-refractivity contribution is -0.142. The van der Waals surface area contributed by atoms with Gasteiger partial charge in [-0.15, -0.1) is 0 Å². The molecule has 4 aromatic heterocycles. The molecule has 12 N–H and O–H groups in total. The standard InChI is InChI=1S/C29H38N14O7/c1-15(25(45)41-22(4-18-8-33-13-38-18)28(48)43-23(29(49)50)5-19-9-34-14-39-19)40-24(44)10-35-27(47)21(3-17-7-32-12-37-17)42-26(46)20(30)2-16-6-31-11-36-16/h6-9,11-15,20-23H,2-5,10,30H2,1H3,(H,31,36)(H,32,37)(H,33,38)(H,34,39)(H,35,47)(H,40,44)(H,41,45)(H,42,46)(H,43,48)(H,49,50)/t15-,20-,21-,22-,23-/m0/s1. The lowest BCUT2D eigenvalue weighted by Gasteiger charge is -2.23. The summed E-state index contributed by atoms with van der Waals surface area (Å²) in [5.41, 5.74) is 8.12. The Balaban J connectivity index is 1.32. The summed E-state index contributed by atoms with van der Waals surface area (Å²) in [5.74, 6) is -4.91. The molecule has 0 aliphatic rings. The summed E-state index contributed by atoms with van der Waals surface area (Å²) in [6.45, 7) is 0.804. The summed E-state index contributed by atoms with van der Waals surface area (Å²) in [4.78, 5) is 104. The molecule has 5 amide bonds. The minimum atomic E-state index is -1.33. The van der Waals surface area contributed by atoms with Crippen molar-refractivity contribution in [1.82, 2.24) is 66.5 Å². The van der Waals surface area contributed by atoms with E-state index in [1.807, 2.05) is 0 Å². The molecule has 0 fully saturated rings. The van der Waals surface area contributed by atoms with E-state index in [-0.39, 0.29) is 25.7 Å². The van der Waals surface area contributed by atoms with E-state index in [0.29, 0.717) is 22.8 Å². The van der Waals surface area contributed by atoms with Crippen LogP contribution >= 0.6 is 0 Å². The van der Waals surface area contributed by atoms with Gasteiger partial charge >= 0.3 is 5.97 Å². The second kappa shape index (κ2) is 17.7. The lowest BCUT2D eigenvalue weighted by atomic mass is 10.1. The molecule has 0 radical (unpaired) electrons. The van der Waals surface area contributed by atoms with Crippen LogP contribution in [0.25, 0.3) is 0 Å². The van der Waals surface area contributed by atoms with Crippen LogP contribution in [0.2, 0.25) is 0 Å². The first-order valence-corrected chi connectivity index (χ1v) is 15.3. The van der Waals surface area contributed by atoms with Crippen molar-refractivity contribution in [3.8, 4) is 0 Å². The number of hydrogen-bond donors (Lipinski definition) is 11. The molecule has 5 atom stereocenters. The number of hydrogen-bond acceptors (Lipinski definition) is 11. The third-order valence-corrected chi connectivity index (χ3v) is 7.34. The number of imidazole rings is 4. The minimum absolute atomic E-state index is 0.0131. The van der Waals surface area contributed by atoms with E-state index in [0.717, 1.165) is 0 Å². The number of rotatable bonds is 19. The highest BCUT2D eigenvalue weighted by atomic mass is 16.4. The highest BCUT2D eigenvalue weighted by molar-refractivity contribution is 5.95. The van der Waals surface area contributed by atoms with E-state index in [4.69, 9.17) is 5.73 Å². The number of carboxylic acids is 1. The van der Waals surface area contributed by atoms with E-state index < -0.39 is 72.3 Å². The van der Waals surface area contributed by atoms with Crippen LogP contribution in [0.5, 0.6) is 0 Å². The fourth-order valence-electron chi connectivity index (χ4n) is 4.69. The molecule has 50 heavy (non-hydrogen) atoms. The van der Waals surface area contributed by atoms with Gasteiger partial charge in [0.05, 0.1) is 37.9 Å². The number of nitrogens with zero attached hydrogens (tertiary/aromatic N) is 4. The van der Waals surface area contributed by atoms with Crippen molar-refractivity contribution in [3.05, 3.63) is 72.9 Å². The molecule has 0 bridgehead atoms. The van der Waals surface area contributed by atoms with Gasteiger partial charge < -0.3 is 57.4 Å². The van der Waals surface area contributed by atoms with Crippen molar-refractivity contribution in [1.29, 1.82) is 0 Å². The second-order valence-corrected chi connectivity index (χ2v) is 11.3. The molecular formula is C29H38N14O7. The predicted octanol–water partition coefficient (Wildman–Crippen LogP) is -3.66. The van der Waals surface area contributed by atoms with E-state index in [1.54, 1.807) is 0 Å². The summed E-state index contributed by atoms with van der Waals surface area (Å²) in [7, 11) is 0. The zero-order chi connectivity index (χ0) is 36.0. The molecule has 21 heteroatoms. The van der Waals surface area contributed by atoms with Gasteiger partial charge in [-0.05, 0) is 6.92 Å². The smallest absolute Gasteiger partial charge is 0.326 e. The van der Waals surface area contributed by atoms with Crippen LogP contribution in [0.15, 0.2) is 50.1 Å². The number of carbonyl (C=O) groups excluding carboxylic acids is 5. The zero-order valence-electron chi connectivity index (χ0n) is 26.8. The van der Waals surface area contributed by atoms with Gasteiger partial charge in [-0.1, -0.05) is 0 Å². The molecule has 0 unspecified atom stereocenters. The molecule has 4 rings (SSSR count). The Morgan fingerprint density at radius 1 is 0.620 bits per heavy atom. The second-order valence-electron chi connectivity index (χ2n) is 11.3. The Hall–Kier alpha value is -6.38. The maximum absolute atomic E-state index is 13.2. The molecule has 21 nitrogen and oxygen atoms in total. The van der Waals surface area contributed by atoms with E-state index in [2.05, 4.69) is 66.5 Å². The SMILES string of the molecule is C[C@H](NC(=O)CNC(=O)[C@H](Cc1cnc[nH]1)NC(=O)[C@@H](N)Cc1cnc[nH]1)C(=O)N[C@@H](Cc1cnc[nH]1)C(=O)N[C@@H](Cc1cnc[nH]1)C(=O)O. The van der Waals surface area contributed by atoms with Gasteiger partial charge in [0.2, 0.25) is 29.5 Å². The van der Waals surface area contributed by atoms with Crippen molar-refractivity contribution in [2.24, 2.45) is 5.73 Å². The van der Waals surface area contributed by atoms with Crippen LogP contribution in [0.4, 0.5) is 0 Å². The van der Waals surface area contributed by atoms with E-state index >= 15 is 0 Å². The zero-order valence-corrected chi connectivity index (χ0v) is 26.8. The van der Waals surface area contributed by atoms with Crippen molar-refractivity contribution < 1.29 is 33.9 Å². The molecule has 266 valence electrons. The van der Waals surface area contributed by atoms with Gasteiger partial charge in [0, 0.05) is 73.2 Å². The van der Waals surface area contributed by atoms with Crippen molar-refractivity contribution in [2.75, 3.05) is 6.54 Å². The molecule has 4 heterocycles. The van der Waals surface area contributed by atoms with Crippen LogP contribution in [0.3, 0.4) is 0 Å². The Bertz CT molecular complexity index is 1690. The molecule has 0 saturated heterocycles. The molecular weight excluding hydrogens is 656 g/mol. The Kier molecular flexibility index (Phi) is 12.9. The van der Waals surface area contributed by atoms with Crippen LogP contribution in [0.1, 0.15) is 29.7 Å². The number of aromatic nitrogens is 8. The number of carboxylic acid groups (broad SMARTS) is 1. The molecule has 0 spiro atoms. The minimum Gasteiger partial charge on any atom is -0.480 e. The number of aromatic amines is 4. The average molecular weight is 695 g/mol. The Morgan fingerprint density at radius 3 is 1.50 bits per heavy atom. The number of amides is 5. The van der Waals surface area contributed by atoms with Gasteiger partial charge in [0.15, 0.2) is 0 Å². The van der Waals surface area contributed by atoms with Gasteiger partial charge in [-0.25, -0.2) is 24.7 Å². The third-order valence-electron chi connectivity index (χ3n) is 7.34. The molecule has 4 aromatic rings.